The Morgan fingerprint density at radius 3 is 2.83 bits per heavy atom. The van der Waals surface area contributed by atoms with Gasteiger partial charge >= 0.3 is 0 Å². The van der Waals surface area contributed by atoms with Gasteiger partial charge in [-0.2, -0.15) is 0 Å². The lowest BCUT2D eigenvalue weighted by Gasteiger charge is -2.11. The molecule has 2 aromatic rings. The van der Waals surface area contributed by atoms with Gasteiger partial charge in [0.15, 0.2) is 0 Å². The highest BCUT2D eigenvalue weighted by atomic mass is 35.5. The quantitative estimate of drug-likeness (QED) is 0.826. The normalized spacial score (nSPS) is 16.6. The van der Waals surface area contributed by atoms with E-state index >= 15 is 0 Å². The van der Waals surface area contributed by atoms with Crippen LogP contribution < -0.4 is 5.32 Å². The van der Waals surface area contributed by atoms with E-state index in [1.807, 2.05) is 18.2 Å². The highest BCUT2D eigenvalue weighted by molar-refractivity contribution is 6.34. The van der Waals surface area contributed by atoms with Gasteiger partial charge in [0.05, 0.1) is 11.4 Å². The zero-order valence-electron chi connectivity index (χ0n) is 11.8. The number of rotatable bonds is 3. The predicted molar refractivity (Wildman–Crippen MR) is 89.2 cm³/mol. The molecule has 0 fully saturated rings. The van der Waals surface area contributed by atoms with Crippen molar-refractivity contribution in [1.29, 1.82) is 0 Å². The Morgan fingerprint density at radius 2 is 2.04 bits per heavy atom. The number of benzene rings is 2. The summed E-state index contributed by atoms with van der Waals surface area (Å²) in [6.45, 7) is 0. The number of carbonyl (C=O) groups is 1. The number of carbonyl (C=O) groups excluding carboxylic acids is 1. The Balaban J connectivity index is 1.69. The number of hydrogen-bond donors (Lipinski definition) is 2. The molecule has 0 aromatic heterocycles. The van der Waals surface area contributed by atoms with Crippen LogP contribution in [0.3, 0.4) is 0 Å². The van der Waals surface area contributed by atoms with Crippen LogP contribution in [-0.4, -0.2) is 22.8 Å². The second-order valence-corrected chi connectivity index (χ2v) is 5.81. The van der Waals surface area contributed by atoms with Crippen molar-refractivity contribution in [2.75, 3.05) is 5.32 Å². The number of phenols is 1. The van der Waals surface area contributed by atoms with Crippen molar-refractivity contribution in [3.63, 3.8) is 0 Å². The zero-order valence-corrected chi connectivity index (χ0v) is 13.3. The van der Waals surface area contributed by atoms with E-state index in [0.29, 0.717) is 15.8 Å². The molecule has 1 aliphatic heterocycles. The number of aromatic hydroxyl groups is 1. The van der Waals surface area contributed by atoms with Gasteiger partial charge in [-0.25, -0.2) is 0 Å². The molecule has 0 aliphatic carbocycles. The second-order valence-electron chi connectivity index (χ2n) is 4.97. The molecule has 0 unspecified atom stereocenters. The number of nitrogens with one attached hydrogen (secondary N) is 1. The van der Waals surface area contributed by atoms with E-state index in [2.05, 4.69) is 10.5 Å². The van der Waals surface area contributed by atoms with Gasteiger partial charge in [-0.3, -0.25) is 4.79 Å². The standard InChI is InChI=1S/C16H12Cl2N2O3/c17-9-5-6-14(21)13(7-9)19-16(22)15-8-12(20-23-15)10-3-1-2-4-11(10)18/h1-7,15,21H,8H2,(H,19,22)/t15-/m1/s1. The van der Waals surface area contributed by atoms with Crippen LogP contribution in [0.15, 0.2) is 47.6 Å². The first-order chi connectivity index (χ1) is 11.0. The first-order valence-electron chi connectivity index (χ1n) is 6.81. The molecule has 2 N–H and O–H groups in total. The van der Waals surface area contributed by atoms with Crippen molar-refractivity contribution in [3.05, 3.63) is 58.1 Å². The molecule has 5 nitrogen and oxygen atoms in total. The van der Waals surface area contributed by atoms with Gasteiger partial charge in [-0.15, -0.1) is 0 Å². The summed E-state index contributed by atoms with van der Waals surface area (Å²) in [6.07, 6.45) is -0.503. The fourth-order valence-electron chi connectivity index (χ4n) is 2.19. The van der Waals surface area contributed by atoms with Crippen LogP contribution in [0.5, 0.6) is 5.75 Å². The molecule has 0 saturated heterocycles. The zero-order chi connectivity index (χ0) is 16.4. The number of phenolic OH excluding ortho intramolecular Hbond substituents is 1. The number of anilines is 1. The summed E-state index contributed by atoms with van der Waals surface area (Å²) >= 11 is 12.0. The first kappa shape index (κ1) is 15.6. The molecule has 0 saturated carbocycles. The Labute approximate surface area is 142 Å². The van der Waals surface area contributed by atoms with E-state index in [9.17, 15) is 9.90 Å². The lowest BCUT2D eigenvalue weighted by atomic mass is 10.0. The van der Waals surface area contributed by atoms with Crippen molar-refractivity contribution in [2.24, 2.45) is 5.16 Å². The molecule has 2 aromatic carbocycles. The van der Waals surface area contributed by atoms with Crippen LogP contribution in [0, 0.1) is 0 Å². The molecule has 23 heavy (non-hydrogen) atoms. The average Bonchev–Trinajstić information content (AvgIpc) is 3.01. The van der Waals surface area contributed by atoms with Gasteiger partial charge in [0.1, 0.15) is 5.75 Å². The van der Waals surface area contributed by atoms with Crippen molar-refractivity contribution in [3.8, 4) is 5.75 Å². The summed E-state index contributed by atoms with van der Waals surface area (Å²) in [5, 5.41) is 17.2. The molecule has 0 bridgehead atoms. The summed E-state index contributed by atoms with van der Waals surface area (Å²) < 4.78 is 0. The number of amides is 1. The molecule has 118 valence electrons. The molecule has 1 amide bonds. The van der Waals surface area contributed by atoms with Crippen LogP contribution in [-0.2, 0) is 9.63 Å². The lowest BCUT2D eigenvalue weighted by Crippen LogP contribution is -2.28. The molecule has 1 atom stereocenters. The summed E-state index contributed by atoms with van der Waals surface area (Å²) in [4.78, 5) is 17.4. The molecule has 7 heteroatoms. The third-order valence-corrected chi connectivity index (χ3v) is 3.93. The van der Waals surface area contributed by atoms with Gasteiger partial charge in [0.25, 0.3) is 5.91 Å². The minimum absolute atomic E-state index is 0.0759. The largest absolute Gasteiger partial charge is 0.506 e. The minimum atomic E-state index is -0.792. The van der Waals surface area contributed by atoms with E-state index in [1.54, 1.807) is 6.07 Å². The minimum Gasteiger partial charge on any atom is -0.506 e. The first-order valence-corrected chi connectivity index (χ1v) is 7.57. The molecule has 3 rings (SSSR count). The molecule has 0 spiro atoms. The average molecular weight is 351 g/mol. The van der Waals surface area contributed by atoms with Crippen LogP contribution in [0.25, 0.3) is 0 Å². The van der Waals surface area contributed by atoms with Gasteiger partial charge in [0.2, 0.25) is 6.10 Å². The van der Waals surface area contributed by atoms with Gasteiger partial charge < -0.3 is 15.3 Å². The number of oxime groups is 1. The van der Waals surface area contributed by atoms with Gasteiger partial charge in [0, 0.05) is 22.0 Å². The van der Waals surface area contributed by atoms with Gasteiger partial charge in [-0.1, -0.05) is 46.6 Å². The monoisotopic (exact) mass is 350 g/mol. The topological polar surface area (TPSA) is 70.9 Å². The SMILES string of the molecule is O=C(Nc1cc(Cl)ccc1O)[C@H]1CC(c2ccccc2Cl)=NO1. The van der Waals surface area contributed by atoms with E-state index in [1.165, 1.54) is 18.2 Å². The smallest absolute Gasteiger partial charge is 0.268 e. The Kier molecular flexibility index (Phi) is 4.41. The van der Waals surface area contributed by atoms with E-state index in [-0.39, 0.29) is 17.9 Å². The van der Waals surface area contributed by atoms with Crippen molar-refractivity contribution in [1.82, 2.24) is 0 Å². The second kappa shape index (κ2) is 6.48. The number of nitrogens with zero attached hydrogens (tertiary/aromatic N) is 1. The van der Waals surface area contributed by atoms with Crippen molar-refractivity contribution < 1.29 is 14.7 Å². The Morgan fingerprint density at radius 1 is 1.26 bits per heavy atom. The van der Waals surface area contributed by atoms with Crippen molar-refractivity contribution in [2.45, 2.75) is 12.5 Å². The highest BCUT2D eigenvalue weighted by Crippen LogP contribution is 2.28. The molecular formula is C16H12Cl2N2O3. The maximum absolute atomic E-state index is 12.2. The number of halogens is 2. The fraction of sp³-hybridized carbons (Fsp3) is 0.125. The third kappa shape index (κ3) is 3.41. The van der Waals surface area contributed by atoms with Crippen molar-refractivity contribution >= 4 is 40.5 Å². The number of hydrogen-bond acceptors (Lipinski definition) is 4. The highest BCUT2D eigenvalue weighted by Gasteiger charge is 2.30. The molecule has 1 heterocycles. The van der Waals surface area contributed by atoms with Crippen LogP contribution >= 0.6 is 23.2 Å². The predicted octanol–water partition coefficient (Wildman–Crippen LogP) is 3.83. The summed E-state index contributed by atoms with van der Waals surface area (Å²) in [5.74, 6) is -0.499. The Bertz CT molecular complexity index is 793. The Hall–Kier alpha value is -2.24. The van der Waals surface area contributed by atoms with Crippen LogP contribution in [0.4, 0.5) is 5.69 Å². The summed E-state index contributed by atoms with van der Waals surface area (Å²) in [7, 11) is 0. The summed E-state index contributed by atoms with van der Waals surface area (Å²) in [6, 6.07) is 11.6. The summed E-state index contributed by atoms with van der Waals surface area (Å²) in [5.41, 5.74) is 1.55. The van der Waals surface area contributed by atoms with E-state index < -0.39 is 12.0 Å². The molecule has 1 aliphatic rings. The van der Waals surface area contributed by atoms with Crippen LogP contribution in [0.2, 0.25) is 10.0 Å². The fourth-order valence-corrected chi connectivity index (χ4v) is 2.61. The van der Waals surface area contributed by atoms with Gasteiger partial charge in [-0.05, 0) is 24.3 Å². The lowest BCUT2D eigenvalue weighted by molar-refractivity contribution is -0.125. The van der Waals surface area contributed by atoms with E-state index in [4.69, 9.17) is 28.0 Å². The maximum atomic E-state index is 12.2. The third-order valence-electron chi connectivity index (χ3n) is 3.36. The molecular weight excluding hydrogens is 339 g/mol. The van der Waals surface area contributed by atoms with Crippen LogP contribution in [0.1, 0.15) is 12.0 Å². The van der Waals surface area contributed by atoms with E-state index in [0.717, 1.165) is 5.56 Å². The molecule has 0 radical (unpaired) electrons. The maximum Gasteiger partial charge on any atom is 0.268 e.